The van der Waals surface area contributed by atoms with E-state index in [2.05, 4.69) is 50.1 Å². The molecule has 4 nitrogen and oxygen atoms in total. The van der Waals surface area contributed by atoms with Gasteiger partial charge in [-0.3, -0.25) is 9.58 Å². The molecule has 0 saturated carbocycles. The molecule has 1 aromatic heterocycles. The van der Waals surface area contributed by atoms with Crippen molar-refractivity contribution in [2.75, 3.05) is 20.1 Å². The van der Waals surface area contributed by atoms with Gasteiger partial charge in [-0.15, -0.1) is 0 Å². The Morgan fingerprint density at radius 3 is 2.47 bits per heavy atom. The summed E-state index contributed by atoms with van der Waals surface area (Å²) in [5, 5.41) is 8.75. The Kier molecular flexibility index (Phi) is 5.83. The number of aromatic nitrogens is 2. The average Bonchev–Trinajstić information content (AvgIpc) is 2.54. The number of likely N-dealkylation sites (N-methyl/N-ethyl adjacent to an activating group) is 1. The van der Waals surface area contributed by atoms with Gasteiger partial charge < -0.3 is 5.32 Å². The smallest absolute Gasteiger partial charge is 0.0863 e. The number of nitrogens with zero attached hydrogens (tertiary/aromatic N) is 3. The monoisotopic (exact) mass is 286 g/mol. The summed E-state index contributed by atoms with van der Waals surface area (Å²) in [5.41, 5.74) is 2.25. The lowest BCUT2D eigenvalue weighted by molar-refractivity contribution is 0.296. The van der Waals surface area contributed by atoms with Crippen molar-refractivity contribution in [1.29, 1.82) is 0 Å². The quantitative estimate of drug-likeness (QED) is 0.872. The molecule has 1 N–H and O–H groups in total. The molecule has 0 saturated heterocycles. The van der Waals surface area contributed by atoms with E-state index in [1.807, 2.05) is 11.7 Å². The number of hydrogen-bond acceptors (Lipinski definition) is 3. The van der Waals surface area contributed by atoms with Crippen LogP contribution in [-0.4, -0.2) is 40.4 Å². The Bertz CT molecular complexity index is 406. The van der Waals surface area contributed by atoms with Gasteiger partial charge in [0, 0.05) is 32.2 Å². The maximum atomic E-state index is 6.35. The lowest BCUT2D eigenvalue weighted by Gasteiger charge is -2.23. The van der Waals surface area contributed by atoms with Gasteiger partial charge in [-0.05, 0) is 34.2 Å². The topological polar surface area (TPSA) is 33.1 Å². The third kappa shape index (κ3) is 5.13. The fourth-order valence-electron chi connectivity index (χ4n) is 1.95. The molecular formula is C14H27ClN4. The lowest BCUT2D eigenvalue weighted by Crippen LogP contribution is -2.40. The van der Waals surface area contributed by atoms with Crippen LogP contribution < -0.4 is 5.32 Å². The number of halogens is 1. The normalized spacial score (nSPS) is 12.4. The van der Waals surface area contributed by atoms with Crippen LogP contribution in [0.15, 0.2) is 0 Å². The van der Waals surface area contributed by atoms with Gasteiger partial charge in [0.15, 0.2) is 0 Å². The van der Waals surface area contributed by atoms with E-state index >= 15 is 0 Å². The van der Waals surface area contributed by atoms with Crippen molar-refractivity contribution in [2.24, 2.45) is 7.05 Å². The maximum Gasteiger partial charge on any atom is 0.0863 e. The van der Waals surface area contributed by atoms with Crippen LogP contribution in [0.4, 0.5) is 0 Å². The van der Waals surface area contributed by atoms with E-state index in [1.165, 1.54) is 0 Å². The van der Waals surface area contributed by atoms with Gasteiger partial charge in [-0.2, -0.15) is 5.10 Å². The third-order valence-electron chi connectivity index (χ3n) is 3.07. The van der Waals surface area contributed by atoms with Crippen LogP contribution >= 0.6 is 11.6 Å². The fourth-order valence-corrected chi connectivity index (χ4v) is 2.30. The van der Waals surface area contributed by atoms with Crippen LogP contribution in [0.1, 0.15) is 39.1 Å². The molecule has 0 amide bonds. The van der Waals surface area contributed by atoms with Crippen molar-refractivity contribution < 1.29 is 0 Å². The summed E-state index contributed by atoms with van der Waals surface area (Å²) < 4.78 is 1.90. The van der Waals surface area contributed by atoms with Crippen LogP contribution in [0.5, 0.6) is 0 Å². The molecule has 0 fully saturated rings. The molecule has 0 aliphatic carbocycles. The maximum absolute atomic E-state index is 6.35. The van der Waals surface area contributed by atoms with Crippen LogP contribution in [-0.2, 0) is 20.0 Å². The second-order valence-corrected chi connectivity index (χ2v) is 6.48. The Hall–Kier alpha value is -0.580. The summed E-state index contributed by atoms with van der Waals surface area (Å²) in [7, 11) is 4.07. The molecule has 5 heteroatoms. The van der Waals surface area contributed by atoms with Crippen molar-refractivity contribution >= 4 is 11.6 Å². The molecule has 0 aliphatic rings. The van der Waals surface area contributed by atoms with Crippen molar-refractivity contribution in [1.82, 2.24) is 20.0 Å². The number of rotatable bonds is 6. The lowest BCUT2D eigenvalue weighted by atomic mass is 10.1. The molecule has 0 bridgehead atoms. The molecule has 0 unspecified atom stereocenters. The molecular weight excluding hydrogens is 260 g/mol. The molecule has 0 atom stereocenters. The van der Waals surface area contributed by atoms with E-state index in [-0.39, 0.29) is 5.54 Å². The van der Waals surface area contributed by atoms with Crippen LogP contribution in [0.25, 0.3) is 0 Å². The minimum absolute atomic E-state index is 0.167. The highest BCUT2D eigenvalue weighted by Crippen LogP contribution is 2.21. The number of hydrogen-bond donors (Lipinski definition) is 1. The van der Waals surface area contributed by atoms with E-state index in [0.29, 0.717) is 0 Å². The third-order valence-corrected chi connectivity index (χ3v) is 3.51. The SMILES string of the molecule is CCc1nn(C)c(CN(C)CCNC(C)(C)C)c1Cl. The molecule has 0 aromatic carbocycles. The minimum Gasteiger partial charge on any atom is -0.311 e. The first-order valence-electron chi connectivity index (χ1n) is 6.88. The predicted octanol–water partition coefficient (Wildman–Crippen LogP) is 2.46. The second-order valence-electron chi connectivity index (χ2n) is 6.10. The van der Waals surface area contributed by atoms with E-state index in [9.17, 15) is 0 Å². The van der Waals surface area contributed by atoms with Gasteiger partial charge in [-0.1, -0.05) is 18.5 Å². The average molecular weight is 287 g/mol. The first-order chi connectivity index (χ1) is 8.74. The Morgan fingerprint density at radius 1 is 1.37 bits per heavy atom. The van der Waals surface area contributed by atoms with E-state index < -0.39 is 0 Å². The molecule has 0 spiro atoms. The fraction of sp³-hybridized carbons (Fsp3) is 0.786. The van der Waals surface area contributed by atoms with Gasteiger partial charge in [0.1, 0.15) is 0 Å². The molecule has 0 radical (unpaired) electrons. The van der Waals surface area contributed by atoms with E-state index in [4.69, 9.17) is 11.6 Å². The minimum atomic E-state index is 0.167. The zero-order valence-corrected chi connectivity index (χ0v) is 13.8. The number of nitrogens with one attached hydrogen (secondary N) is 1. The van der Waals surface area contributed by atoms with Crippen LogP contribution in [0.2, 0.25) is 5.02 Å². The number of aryl methyl sites for hydroxylation is 2. The zero-order chi connectivity index (χ0) is 14.6. The molecule has 1 heterocycles. The van der Waals surface area contributed by atoms with E-state index in [0.717, 1.165) is 42.5 Å². The van der Waals surface area contributed by atoms with Crippen molar-refractivity contribution in [3.05, 3.63) is 16.4 Å². The largest absolute Gasteiger partial charge is 0.311 e. The van der Waals surface area contributed by atoms with Gasteiger partial charge in [0.05, 0.1) is 16.4 Å². The molecule has 19 heavy (non-hydrogen) atoms. The highest BCUT2D eigenvalue weighted by atomic mass is 35.5. The van der Waals surface area contributed by atoms with Crippen molar-refractivity contribution in [3.8, 4) is 0 Å². The standard InChI is InChI=1S/C14H27ClN4/c1-7-11-13(15)12(19(6)17-11)10-18(5)9-8-16-14(2,3)4/h16H,7-10H2,1-6H3. The summed E-state index contributed by atoms with van der Waals surface area (Å²) in [6.07, 6.45) is 0.877. The highest BCUT2D eigenvalue weighted by molar-refractivity contribution is 6.31. The van der Waals surface area contributed by atoms with Crippen molar-refractivity contribution in [3.63, 3.8) is 0 Å². The summed E-state index contributed by atoms with van der Waals surface area (Å²) in [4.78, 5) is 2.26. The van der Waals surface area contributed by atoms with Gasteiger partial charge >= 0.3 is 0 Å². The molecule has 1 aromatic rings. The summed E-state index contributed by atoms with van der Waals surface area (Å²) in [6.45, 7) is 11.4. The predicted molar refractivity (Wildman–Crippen MR) is 81.7 cm³/mol. The zero-order valence-electron chi connectivity index (χ0n) is 13.0. The van der Waals surface area contributed by atoms with Gasteiger partial charge in [0.2, 0.25) is 0 Å². The van der Waals surface area contributed by atoms with Crippen LogP contribution in [0, 0.1) is 0 Å². The summed E-state index contributed by atoms with van der Waals surface area (Å²) in [6, 6.07) is 0. The van der Waals surface area contributed by atoms with Crippen LogP contribution in [0.3, 0.4) is 0 Å². The Morgan fingerprint density at radius 2 is 2.00 bits per heavy atom. The second kappa shape index (κ2) is 6.73. The summed E-state index contributed by atoms with van der Waals surface area (Å²) in [5.74, 6) is 0. The van der Waals surface area contributed by atoms with Gasteiger partial charge in [0.25, 0.3) is 0 Å². The molecule has 0 aliphatic heterocycles. The van der Waals surface area contributed by atoms with Crippen molar-refractivity contribution in [2.45, 2.75) is 46.2 Å². The highest BCUT2D eigenvalue weighted by Gasteiger charge is 2.15. The van der Waals surface area contributed by atoms with E-state index in [1.54, 1.807) is 0 Å². The Labute approximate surface area is 122 Å². The first-order valence-corrected chi connectivity index (χ1v) is 7.26. The summed E-state index contributed by atoms with van der Waals surface area (Å²) >= 11 is 6.35. The molecule has 1 rings (SSSR count). The van der Waals surface area contributed by atoms with Gasteiger partial charge in [-0.25, -0.2) is 0 Å². The first kappa shape index (κ1) is 16.5. The molecule has 110 valence electrons. The Balaban J connectivity index is 2.53.